The SMILES string of the molecule is Cc1ncccc1CN1C(=O)[C@@H](C)Oc2c(F)cc(-c3ccc4c(c3)C(=O)NCC4)cc21. The van der Waals surface area contributed by atoms with Crippen molar-refractivity contribution in [2.75, 3.05) is 11.4 Å². The Kier molecular flexibility index (Phi) is 4.89. The normalized spacial score (nSPS) is 17.3. The quantitative estimate of drug-likeness (QED) is 0.685. The Morgan fingerprint density at radius 2 is 2.03 bits per heavy atom. The van der Waals surface area contributed by atoms with E-state index in [4.69, 9.17) is 4.74 Å². The van der Waals surface area contributed by atoms with Crippen LogP contribution in [0.25, 0.3) is 11.1 Å². The fraction of sp³-hybridized carbons (Fsp3) is 0.240. The van der Waals surface area contributed by atoms with Crippen LogP contribution in [-0.2, 0) is 17.8 Å². The number of carbonyl (C=O) groups is 2. The van der Waals surface area contributed by atoms with Gasteiger partial charge in [0.2, 0.25) is 0 Å². The summed E-state index contributed by atoms with van der Waals surface area (Å²) in [5.74, 6) is -0.875. The van der Waals surface area contributed by atoms with E-state index in [-0.39, 0.29) is 24.1 Å². The van der Waals surface area contributed by atoms with Gasteiger partial charge in [-0.15, -0.1) is 0 Å². The van der Waals surface area contributed by atoms with E-state index in [1.165, 1.54) is 6.07 Å². The molecule has 1 N–H and O–H groups in total. The van der Waals surface area contributed by atoms with Gasteiger partial charge in [-0.1, -0.05) is 18.2 Å². The Morgan fingerprint density at radius 1 is 1.19 bits per heavy atom. The molecule has 2 aliphatic heterocycles. The fourth-order valence-electron chi connectivity index (χ4n) is 4.24. The molecule has 0 fully saturated rings. The number of benzene rings is 2. The van der Waals surface area contributed by atoms with Crippen molar-refractivity contribution < 1.29 is 18.7 Å². The molecule has 32 heavy (non-hydrogen) atoms. The number of nitrogens with one attached hydrogen (secondary N) is 1. The predicted octanol–water partition coefficient (Wildman–Crippen LogP) is 3.80. The number of pyridine rings is 1. The van der Waals surface area contributed by atoms with Crippen LogP contribution in [0.4, 0.5) is 10.1 Å². The van der Waals surface area contributed by atoms with Gasteiger partial charge in [-0.3, -0.25) is 14.6 Å². The number of nitrogens with zero attached hydrogens (tertiary/aromatic N) is 2. The highest BCUT2D eigenvalue weighted by Crippen LogP contribution is 2.41. The first-order valence-electron chi connectivity index (χ1n) is 10.6. The van der Waals surface area contributed by atoms with E-state index >= 15 is 4.39 Å². The van der Waals surface area contributed by atoms with Crippen LogP contribution in [0.3, 0.4) is 0 Å². The zero-order chi connectivity index (χ0) is 22.4. The first-order valence-corrected chi connectivity index (χ1v) is 10.6. The Hall–Kier alpha value is -3.74. The van der Waals surface area contributed by atoms with Crippen molar-refractivity contribution in [3.63, 3.8) is 0 Å². The summed E-state index contributed by atoms with van der Waals surface area (Å²) < 4.78 is 20.8. The average molecular weight is 431 g/mol. The summed E-state index contributed by atoms with van der Waals surface area (Å²) >= 11 is 0. The molecule has 0 bridgehead atoms. The van der Waals surface area contributed by atoms with Crippen molar-refractivity contribution in [1.82, 2.24) is 10.3 Å². The average Bonchev–Trinajstić information content (AvgIpc) is 2.79. The second kappa shape index (κ2) is 7.75. The Bertz CT molecular complexity index is 1260. The summed E-state index contributed by atoms with van der Waals surface area (Å²) in [5.41, 5.74) is 4.88. The fourth-order valence-corrected chi connectivity index (χ4v) is 4.24. The number of halogens is 1. The topological polar surface area (TPSA) is 71.5 Å². The number of rotatable bonds is 3. The lowest BCUT2D eigenvalue weighted by Gasteiger charge is -2.34. The number of aromatic nitrogens is 1. The van der Waals surface area contributed by atoms with Crippen molar-refractivity contribution in [3.05, 3.63) is 76.9 Å². The molecule has 6 nitrogen and oxygen atoms in total. The smallest absolute Gasteiger partial charge is 0.268 e. The summed E-state index contributed by atoms with van der Waals surface area (Å²) in [4.78, 5) is 31.1. The third kappa shape index (κ3) is 3.39. The molecule has 0 radical (unpaired) electrons. The number of hydrogen-bond acceptors (Lipinski definition) is 4. The second-order valence-electron chi connectivity index (χ2n) is 8.12. The highest BCUT2D eigenvalue weighted by Gasteiger charge is 2.34. The van der Waals surface area contributed by atoms with Crippen molar-refractivity contribution in [2.45, 2.75) is 32.9 Å². The third-order valence-electron chi connectivity index (χ3n) is 6.04. The number of amides is 2. The largest absolute Gasteiger partial charge is 0.476 e. The van der Waals surface area contributed by atoms with Crippen molar-refractivity contribution in [1.29, 1.82) is 0 Å². The van der Waals surface area contributed by atoms with Crippen LogP contribution in [-0.4, -0.2) is 29.4 Å². The molecule has 2 aliphatic rings. The third-order valence-corrected chi connectivity index (χ3v) is 6.04. The monoisotopic (exact) mass is 431 g/mol. The van der Waals surface area contributed by atoms with E-state index in [1.807, 2.05) is 31.2 Å². The Balaban J connectivity index is 1.61. The first-order chi connectivity index (χ1) is 15.4. The number of fused-ring (bicyclic) bond motifs is 2. The lowest BCUT2D eigenvalue weighted by molar-refractivity contribution is -0.125. The van der Waals surface area contributed by atoms with Gasteiger partial charge in [-0.05, 0) is 66.8 Å². The van der Waals surface area contributed by atoms with E-state index in [0.29, 0.717) is 28.9 Å². The molecule has 3 aromatic rings. The number of aryl methyl sites for hydroxylation is 1. The number of carbonyl (C=O) groups excluding carboxylic acids is 2. The number of ether oxygens (including phenoxy) is 1. The van der Waals surface area contributed by atoms with Crippen LogP contribution in [0.15, 0.2) is 48.7 Å². The van der Waals surface area contributed by atoms with Crippen molar-refractivity contribution >= 4 is 17.5 Å². The van der Waals surface area contributed by atoms with Crippen LogP contribution in [0, 0.1) is 12.7 Å². The maximum absolute atomic E-state index is 15.2. The lowest BCUT2D eigenvalue weighted by Crippen LogP contribution is -2.44. The molecular formula is C25H22FN3O3. The van der Waals surface area contributed by atoms with Crippen LogP contribution >= 0.6 is 0 Å². The Morgan fingerprint density at radius 3 is 2.84 bits per heavy atom. The summed E-state index contributed by atoms with van der Waals surface area (Å²) in [7, 11) is 0. The highest BCUT2D eigenvalue weighted by atomic mass is 19.1. The zero-order valence-electron chi connectivity index (χ0n) is 17.8. The zero-order valence-corrected chi connectivity index (χ0v) is 17.8. The summed E-state index contributed by atoms with van der Waals surface area (Å²) in [6.45, 7) is 4.36. The minimum absolute atomic E-state index is 0.0538. The maximum Gasteiger partial charge on any atom is 0.268 e. The minimum atomic E-state index is -0.799. The van der Waals surface area contributed by atoms with E-state index < -0.39 is 11.9 Å². The van der Waals surface area contributed by atoms with Gasteiger partial charge in [0.1, 0.15) is 0 Å². The van der Waals surface area contributed by atoms with Crippen molar-refractivity contribution in [2.24, 2.45) is 0 Å². The molecule has 7 heteroatoms. The van der Waals surface area contributed by atoms with Gasteiger partial charge in [0.25, 0.3) is 11.8 Å². The van der Waals surface area contributed by atoms with E-state index in [9.17, 15) is 9.59 Å². The van der Waals surface area contributed by atoms with E-state index in [1.54, 1.807) is 30.2 Å². The standard InChI is InChI=1S/C25H22FN3O3/c1-14-18(4-3-8-27-14)13-29-22-12-19(11-21(26)23(22)32-15(2)25(29)31)17-6-5-16-7-9-28-24(30)20(16)10-17/h3-6,8,10-12,15H,7,9,13H2,1-2H3,(H,28,30)/t15-/m1/s1. The lowest BCUT2D eigenvalue weighted by atomic mass is 9.94. The number of hydrogen-bond donors (Lipinski definition) is 1. The molecule has 3 heterocycles. The van der Waals surface area contributed by atoms with Crippen molar-refractivity contribution in [3.8, 4) is 16.9 Å². The van der Waals surface area contributed by atoms with Gasteiger partial charge in [-0.25, -0.2) is 4.39 Å². The molecule has 0 unspecified atom stereocenters. The molecule has 5 rings (SSSR count). The molecule has 2 amide bonds. The maximum atomic E-state index is 15.2. The molecule has 162 valence electrons. The predicted molar refractivity (Wildman–Crippen MR) is 118 cm³/mol. The molecule has 0 spiro atoms. The minimum Gasteiger partial charge on any atom is -0.476 e. The molecule has 1 atom stereocenters. The van der Waals surface area contributed by atoms with Crippen LogP contribution in [0.1, 0.15) is 34.1 Å². The van der Waals surface area contributed by atoms with E-state index in [0.717, 1.165) is 23.2 Å². The molecule has 0 saturated carbocycles. The van der Waals surface area contributed by atoms with Crippen LogP contribution < -0.4 is 15.0 Å². The summed E-state index contributed by atoms with van der Waals surface area (Å²) in [6, 6.07) is 12.4. The summed E-state index contributed by atoms with van der Waals surface area (Å²) in [6.07, 6.45) is 1.66. The van der Waals surface area contributed by atoms with Gasteiger partial charge >= 0.3 is 0 Å². The first kappa shape index (κ1) is 20.2. The van der Waals surface area contributed by atoms with Gasteiger partial charge < -0.3 is 15.0 Å². The highest BCUT2D eigenvalue weighted by molar-refractivity contribution is 6.01. The molecular weight excluding hydrogens is 409 g/mol. The molecule has 2 aromatic carbocycles. The molecule has 1 aromatic heterocycles. The van der Waals surface area contributed by atoms with Gasteiger partial charge in [0, 0.05) is 24.0 Å². The van der Waals surface area contributed by atoms with Gasteiger partial charge in [0.05, 0.1) is 12.2 Å². The molecule has 0 saturated heterocycles. The van der Waals surface area contributed by atoms with Crippen LogP contribution in [0.2, 0.25) is 0 Å². The Labute approximate surface area is 185 Å². The summed E-state index contributed by atoms with van der Waals surface area (Å²) in [5, 5.41) is 2.84. The molecule has 0 aliphatic carbocycles. The second-order valence-corrected chi connectivity index (χ2v) is 8.12. The van der Waals surface area contributed by atoms with Crippen LogP contribution in [0.5, 0.6) is 5.75 Å². The number of anilines is 1. The van der Waals surface area contributed by atoms with Gasteiger partial charge in [0.15, 0.2) is 17.7 Å². The van der Waals surface area contributed by atoms with E-state index in [2.05, 4.69) is 10.3 Å². The van der Waals surface area contributed by atoms with Gasteiger partial charge in [-0.2, -0.15) is 0 Å².